The second kappa shape index (κ2) is 9.42. The zero-order valence-corrected chi connectivity index (χ0v) is 16.8. The lowest BCUT2D eigenvalue weighted by atomic mass is 10.0. The molecule has 0 N–H and O–H groups in total. The lowest BCUT2D eigenvalue weighted by Crippen LogP contribution is -2.58. The van der Waals surface area contributed by atoms with Crippen LogP contribution >= 0.6 is 0 Å². The number of carbonyl (C=O) groups is 1. The molecule has 1 saturated heterocycles. The number of rotatable bonds is 7. The molecule has 6 heteroatoms. The molecule has 1 aromatic rings. The molecule has 0 radical (unpaired) electrons. The normalized spacial score (nSPS) is 22.7. The second-order valence-corrected chi connectivity index (χ2v) is 7.56. The predicted molar refractivity (Wildman–Crippen MR) is 104 cm³/mol. The lowest BCUT2D eigenvalue weighted by Gasteiger charge is -2.44. The maximum atomic E-state index is 12.7. The van der Waals surface area contributed by atoms with Crippen molar-refractivity contribution in [1.82, 2.24) is 9.80 Å². The SMILES string of the molecule is COCCN1C(C)CN(C(=O)CCCc2ccc3c(c2)OCCO3)CC1C. The van der Waals surface area contributed by atoms with E-state index in [1.165, 1.54) is 5.56 Å². The molecule has 1 amide bonds. The van der Waals surface area contributed by atoms with Crippen LogP contribution in [-0.4, -0.2) is 74.4 Å². The summed E-state index contributed by atoms with van der Waals surface area (Å²) in [5.41, 5.74) is 1.19. The van der Waals surface area contributed by atoms with Gasteiger partial charge in [0.15, 0.2) is 11.5 Å². The number of piperazine rings is 1. The number of amides is 1. The summed E-state index contributed by atoms with van der Waals surface area (Å²) in [6, 6.07) is 6.80. The van der Waals surface area contributed by atoms with E-state index in [9.17, 15) is 4.79 Å². The van der Waals surface area contributed by atoms with Crippen molar-refractivity contribution in [2.45, 2.75) is 45.2 Å². The van der Waals surface area contributed by atoms with E-state index >= 15 is 0 Å². The summed E-state index contributed by atoms with van der Waals surface area (Å²) < 4.78 is 16.4. The van der Waals surface area contributed by atoms with Crippen LogP contribution in [0.15, 0.2) is 18.2 Å². The van der Waals surface area contributed by atoms with Crippen molar-refractivity contribution in [3.63, 3.8) is 0 Å². The molecule has 0 spiro atoms. The molecule has 1 fully saturated rings. The molecule has 0 aliphatic carbocycles. The Morgan fingerprint density at radius 3 is 2.56 bits per heavy atom. The van der Waals surface area contributed by atoms with Gasteiger partial charge < -0.3 is 19.1 Å². The first-order chi connectivity index (χ1) is 13.1. The van der Waals surface area contributed by atoms with Crippen LogP contribution in [0.2, 0.25) is 0 Å². The zero-order chi connectivity index (χ0) is 19.2. The second-order valence-electron chi connectivity index (χ2n) is 7.56. The first-order valence-corrected chi connectivity index (χ1v) is 9.99. The van der Waals surface area contributed by atoms with E-state index in [0.29, 0.717) is 31.7 Å². The summed E-state index contributed by atoms with van der Waals surface area (Å²) in [7, 11) is 1.73. The van der Waals surface area contributed by atoms with Gasteiger partial charge in [0.2, 0.25) is 5.91 Å². The van der Waals surface area contributed by atoms with E-state index in [1.807, 2.05) is 17.0 Å². The summed E-state index contributed by atoms with van der Waals surface area (Å²) in [6.07, 6.45) is 2.32. The summed E-state index contributed by atoms with van der Waals surface area (Å²) in [6.45, 7) is 8.86. The summed E-state index contributed by atoms with van der Waals surface area (Å²) in [5, 5.41) is 0. The van der Waals surface area contributed by atoms with Gasteiger partial charge in [0.05, 0.1) is 6.61 Å². The number of aryl methyl sites for hydroxylation is 1. The van der Waals surface area contributed by atoms with E-state index in [0.717, 1.165) is 50.6 Å². The molecule has 1 aromatic carbocycles. The number of ether oxygens (including phenoxy) is 3. The Hall–Kier alpha value is -1.79. The number of fused-ring (bicyclic) bond motifs is 1. The van der Waals surface area contributed by atoms with E-state index < -0.39 is 0 Å². The van der Waals surface area contributed by atoms with E-state index in [-0.39, 0.29) is 5.91 Å². The van der Waals surface area contributed by atoms with Crippen LogP contribution in [0.1, 0.15) is 32.3 Å². The first-order valence-electron chi connectivity index (χ1n) is 9.99. The minimum Gasteiger partial charge on any atom is -0.486 e. The Morgan fingerprint density at radius 2 is 1.85 bits per heavy atom. The molecular weight excluding hydrogens is 344 g/mol. The summed E-state index contributed by atoms with van der Waals surface area (Å²) in [5.74, 6) is 1.90. The van der Waals surface area contributed by atoms with Gasteiger partial charge in [0.1, 0.15) is 13.2 Å². The molecular formula is C21H32N2O4. The molecule has 0 bridgehead atoms. The Balaban J connectivity index is 1.45. The number of benzene rings is 1. The van der Waals surface area contributed by atoms with Crippen molar-refractivity contribution < 1.29 is 19.0 Å². The summed E-state index contributed by atoms with van der Waals surface area (Å²) >= 11 is 0. The fraction of sp³-hybridized carbons (Fsp3) is 0.667. The van der Waals surface area contributed by atoms with Gasteiger partial charge in [-0.15, -0.1) is 0 Å². The van der Waals surface area contributed by atoms with Gasteiger partial charge in [-0.05, 0) is 44.4 Å². The van der Waals surface area contributed by atoms with Crippen LogP contribution < -0.4 is 9.47 Å². The molecule has 0 aromatic heterocycles. The predicted octanol–water partition coefficient (Wildman–Crippen LogP) is 2.35. The molecule has 2 aliphatic heterocycles. The number of hydrogen-bond acceptors (Lipinski definition) is 5. The fourth-order valence-corrected chi connectivity index (χ4v) is 4.04. The van der Waals surface area contributed by atoms with Crippen LogP contribution in [0.5, 0.6) is 11.5 Å². The number of carbonyl (C=O) groups excluding carboxylic acids is 1. The molecule has 2 heterocycles. The minimum atomic E-state index is 0.262. The standard InChI is InChI=1S/C21H32N2O4/c1-16-14-22(15-17(2)23(16)9-10-25-3)21(24)6-4-5-18-7-8-19-20(13-18)27-12-11-26-19/h7-8,13,16-17H,4-6,9-12,14-15H2,1-3H3. The molecule has 6 nitrogen and oxygen atoms in total. The Morgan fingerprint density at radius 1 is 1.15 bits per heavy atom. The van der Waals surface area contributed by atoms with Gasteiger partial charge >= 0.3 is 0 Å². The quantitative estimate of drug-likeness (QED) is 0.731. The van der Waals surface area contributed by atoms with E-state index in [4.69, 9.17) is 14.2 Å². The highest BCUT2D eigenvalue weighted by atomic mass is 16.6. The van der Waals surface area contributed by atoms with Crippen molar-refractivity contribution in [3.8, 4) is 11.5 Å². The summed E-state index contributed by atoms with van der Waals surface area (Å²) in [4.78, 5) is 17.1. The average molecular weight is 376 g/mol. The first kappa shape index (κ1) is 20.0. The van der Waals surface area contributed by atoms with Gasteiger partial charge in [-0.1, -0.05) is 6.07 Å². The monoisotopic (exact) mass is 376 g/mol. The number of methoxy groups -OCH3 is 1. The maximum absolute atomic E-state index is 12.7. The van der Waals surface area contributed by atoms with Gasteiger partial charge in [0, 0.05) is 45.2 Å². The number of nitrogens with zero attached hydrogens (tertiary/aromatic N) is 2. The largest absolute Gasteiger partial charge is 0.486 e. The van der Waals surface area contributed by atoms with Crippen LogP contribution in [0.25, 0.3) is 0 Å². The third-order valence-electron chi connectivity index (χ3n) is 5.47. The average Bonchev–Trinajstić information content (AvgIpc) is 2.67. The van der Waals surface area contributed by atoms with Gasteiger partial charge in [-0.3, -0.25) is 9.69 Å². The third-order valence-corrected chi connectivity index (χ3v) is 5.47. The van der Waals surface area contributed by atoms with Crippen molar-refractivity contribution in [1.29, 1.82) is 0 Å². The van der Waals surface area contributed by atoms with Gasteiger partial charge in [-0.2, -0.15) is 0 Å². The Labute approximate surface area is 162 Å². The topological polar surface area (TPSA) is 51.2 Å². The molecule has 150 valence electrons. The Bertz CT molecular complexity index is 625. The molecule has 2 aliphatic rings. The molecule has 2 atom stereocenters. The smallest absolute Gasteiger partial charge is 0.222 e. The highest BCUT2D eigenvalue weighted by Crippen LogP contribution is 2.31. The molecule has 2 unspecified atom stereocenters. The van der Waals surface area contributed by atoms with Crippen LogP contribution in [0, 0.1) is 0 Å². The van der Waals surface area contributed by atoms with Crippen molar-refractivity contribution >= 4 is 5.91 Å². The van der Waals surface area contributed by atoms with E-state index in [1.54, 1.807) is 7.11 Å². The van der Waals surface area contributed by atoms with Crippen molar-refractivity contribution in [2.75, 3.05) is 46.6 Å². The van der Waals surface area contributed by atoms with Gasteiger partial charge in [0.25, 0.3) is 0 Å². The zero-order valence-electron chi connectivity index (χ0n) is 16.8. The van der Waals surface area contributed by atoms with Crippen molar-refractivity contribution in [3.05, 3.63) is 23.8 Å². The minimum absolute atomic E-state index is 0.262. The highest BCUT2D eigenvalue weighted by Gasteiger charge is 2.31. The molecule has 27 heavy (non-hydrogen) atoms. The molecule has 0 saturated carbocycles. The van der Waals surface area contributed by atoms with Gasteiger partial charge in [-0.25, -0.2) is 0 Å². The fourth-order valence-electron chi connectivity index (χ4n) is 4.04. The van der Waals surface area contributed by atoms with E-state index in [2.05, 4.69) is 24.8 Å². The van der Waals surface area contributed by atoms with Crippen LogP contribution in [0.4, 0.5) is 0 Å². The maximum Gasteiger partial charge on any atom is 0.222 e. The van der Waals surface area contributed by atoms with Crippen molar-refractivity contribution in [2.24, 2.45) is 0 Å². The third kappa shape index (κ3) is 5.14. The highest BCUT2D eigenvalue weighted by molar-refractivity contribution is 5.76. The Kier molecular flexibility index (Phi) is 6.96. The van der Waals surface area contributed by atoms with Crippen LogP contribution in [-0.2, 0) is 16.0 Å². The lowest BCUT2D eigenvalue weighted by molar-refractivity contribution is -0.135. The molecule has 3 rings (SSSR count). The van der Waals surface area contributed by atoms with Crippen LogP contribution in [0.3, 0.4) is 0 Å². The number of hydrogen-bond donors (Lipinski definition) is 0.